The van der Waals surface area contributed by atoms with Crippen LogP contribution in [0.2, 0.25) is 0 Å². The third kappa shape index (κ3) is 3.11. The first-order valence-electron chi connectivity index (χ1n) is 10.4. The molecule has 2 heterocycles. The number of carbonyl (C=O) groups is 1. The van der Waals surface area contributed by atoms with Crippen LogP contribution < -0.4 is 9.80 Å². The highest BCUT2D eigenvalue weighted by Crippen LogP contribution is 2.52. The highest BCUT2D eigenvalue weighted by atomic mass is 19.4. The molecule has 1 aliphatic carbocycles. The fraction of sp³-hybridized carbons (Fsp3) is 0.435. The molecule has 0 amide bonds. The van der Waals surface area contributed by atoms with Gasteiger partial charge in [-0.25, -0.2) is 0 Å². The summed E-state index contributed by atoms with van der Waals surface area (Å²) in [6, 6.07) is 12.2. The van der Waals surface area contributed by atoms with Gasteiger partial charge in [0.15, 0.2) is 0 Å². The van der Waals surface area contributed by atoms with E-state index in [2.05, 4.69) is 4.90 Å². The standard InChI is InChI=1S/C23H23F3N2O2/c24-23(25,26)15-8-9-21-19(10-15)18-6-1-2-7-20(18)28(21)17-5-3-4-16(11-17)27-12-14(13-27)22(29)30/h3-5,8-11,14,18,20H,1-2,6-7,12-13H2,(H,29,30). The van der Waals surface area contributed by atoms with Crippen LogP contribution in [0, 0.1) is 5.92 Å². The van der Waals surface area contributed by atoms with Gasteiger partial charge in [-0.05, 0) is 54.8 Å². The van der Waals surface area contributed by atoms with E-state index >= 15 is 0 Å². The van der Waals surface area contributed by atoms with Crippen LogP contribution in [-0.2, 0) is 11.0 Å². The zero-order valence-corrected chi connectivity index (χ0v) is 16.4. The zero-order chi connectivity index (χ0) is 21.0. The number of aliphatic carboxylic acids is 1. The highest BCUT2D eigenvalue weighted by Gasteiger charge is 2.42. The van der Waals surface area contributed by atoms with Gasteiger partial charge in [0.25, 0.3) is 0 Å². The summed E-state index contributed by atoms with van der Waals surface area (Å²) < 4.78 is 39.9. The van der Waals surface area contributed by atoms with E-state index in [9.17, 15) is 18.0 Å². The Balaban J connectivity index is 1.50. The van der Waals surface area contributed by atoms with Crippen LogP contribution in [0.5, 0.6) is 0 Å². The van der Waals surface area contributed by atoms with Crippen molar-refractivity contribution in [2.45, 2.75) is 43.8 Å². The van der Waals surface area contributed by atoms with E-state index in [1.807, 2.05) is 29.2 Å². The normalized spacial score (nSPS) is 23.7. The van der Waals surface area contributed by atoms with Crippen LogP contribution in [0.3, 0.4) is 0 Å². The first-order valence-corrected chi connectivity index (χ1v) is 10.4. The lowest BCUT2D eigenvalue weighted by Gasteiger charge is -2.39. The molecule has 0 spiro atoms. The van der Waals surface area contributed by atoms with E-state index in [1.165, 1.54) is 12.1 Å². The first kappa shape index (κ1) is 19.3. The van der Waals surface area contributed by atoms with Crippen molar-refractivity contribution >= 4 is 23.0 Å². The monoisotopic (exact) mass is 416 g/mol. The second-order valence-electron chi connectivity index (χ2n) is 8.56. The molecule has 2 aromatic carbocycles. The molecule has 1 saturated carbocycles. The summed E-state index contributed by atoms with van der Waals surface area (Å²) in [6.07, 6.45) is -0.374. The molecule has 0 aromatic heterocycles. The van der Waals surface area contributed by atoms with Crippen molar-refractivity contribution in [3.63, 3.8) is 0 Å². The van der Waals surface area contributed by atoms with Crippen LogP contribution in [-0.4, -0.2) is 30.2 Å². The molecule has 2 atom stereocenters. The van der Waals surface area contributed by atoms with Crippen molar-refractivity contribution < 1.29 is 23.1 Å². The van der Waals surface area contributed by atoms with Gasteiger partial charge in [-0.15, -0.1) is 0 Å². The number of hydrogen-bond donors (Lipinski definition) is 1. The average Bonchev–Trinajstić information content (AvgIpc) is 3.00. The van der Waals surface area contributed by atoms with Gasteiger partial charge in [0.05, 0.1) is 11.5 Å². The van der Waals surface area contributed by atoms with Gasteiger partial charge in [0.2, 0.25) is 0 Å². The maximum Gasteiger partial charge on any atom is 0.416 e. The molecule has 2 fully saturated rings. The Labute approximate surface area is 172 Å². The molecule has 1 N–H and O–H groups in total. The topological polar surface area (TPSA) is 43.8 Å². The Morgan fingerprint density at radius 2 is 1.73 bits per heavy atom. The van der Waals surface area contributed by atoms with Crippen molar-refractivity contribution in [3.05, 3.63) is 53.6 Å². The average molecular weight is 416 g/mol. The van der Waals surface area contributed by atoms with Crippen molar-refractivity contribution in [2.24, 2.45) is 5.92 Å². The number of hydrogen-bond acceptors (Lipinski definition) is 3. The van der Waals surface area contributed by atoms with Crippen molar-refractivity contribution in [3.8, 4) is 0 Å². The molecule has 7 heteroatoms. The van der Waals surface area contributed by atoms with Crippen molar-refractivity contribution in [2.75, 3.05) is 22.9 Å². The van der Waals surface area contributed by atoms with Crippen molar-refractivity contribution in [1.29, 1.82) is 0 Å². The van der Waals surface area contributed by atoms with E-state index in [-0.39, 0.29) is 17.9 Å². The lowest BCUT2D eigenvalue weighted by atomic mass is 9.82. The Morgan fingerprint density at radius 1 is 1.00 bits per heavy atom. The van der Waals surface area contributed by atoms with Crippen LogP contribution >= 0.6 is 0 Å². The van der Waals surface area contributed by atoms with Gasteiger partial charge < -0.3 is 14.9 Å². The van der Waals surface area contributed by atoms with E-state index in [0.717, 1.165) is 48.3 Å². The summed E-state index contributed by atoms with van der Waals surface area (Å²) in [7, 11) is 0. The summed E-state index contributed by atoms with van der Waals surface area (Å²) in [5.74, 6) is -1.01. The van der Waals surface area contributed by atoms with Crippen LogP contribution in [0.15, 0.2) is 42.5 Å². The van der Waals surface area contributed by atoms with E-state index in [0.29, 0.717) is 13.1 Å². The number of carboxylic acid groups (broad SMARTS) is 1. The van der Waals surface area contributed by atoms with E-state index in [4.69, 9.17) is 5.11 Å². The fourth-order valence-electron chi connectivity index (χ4n) is 5.22. The number of nitrogens with zero attached hydrogens (tertiary/aromatic N) is 2. The van der Waals surface area contributed by atoms with Gasteiger partial charge in [-0.1, -0.05) is 18.9 Å². The van der Waals surface area contributed by atoms with Gasteiger partial charge in [0, 0.05) is 42.1 Å². The Bertz CT molecular complexity index is 985. The molecular weight excluding hydrogens is 393 g/mol. The summed E-state index contributed by atoms with van der Waals surface area (Å²) in [5, 5.41) is 9.13. The summed E-state index contributed by atoms with van der Waals surface area (Å²) in [5.41, 5.74) is 3.00. The second-order valence-corrected chi connectivity index (χ2v) is 8.56. The smallest absolute Gasteiger partial charge is 0.416 e. The minimum absolute atomic E-state index is 0.111. The maximum absolute atomic E-state index is 13.3. The predicted octanol–water partition coefficient (Wildman–Crippen LogP) is 5.40. The second kappa shape index (κ2) is 6.93. The van der Waals surface area contributed by atoms with E-state index < -0.39 is 17.7 Å². The number of benzene rings is 2. The lowest BCUT2D eigenvalue weighted by Crippen LogP contribution is -2.50. The van der Waals surface area contributed by atoms with Crippen LogP contribution in [0.4, 0.5) is 30.2 Å². The summed E-state index contributed by atoms with van der Waals surface area (Å²) >= 11 is 0. The van der Waals surface area contributed by atoms with Crippen LogP contribution in [0.1, 0.15) is 42.7 Å². The molecule has 30 heavy (non-hydrogen) atoms. The number of alkyl halides is 3. The molecule has 158 valence electrons. The minimum atomic E-state index is -4.34. The Hall–Kier alpha value is -2.70. The molecule has 2 aliphatic heterocycles. The molecule has 1 saturated heterocycles. The largest absolute Gasteiger partial charge is 0.481 e. The van der Waals surface area contributed by atoms with Gasteiger partial charge >= 0.3 is 12.1 Å². The quantitative estimate of drug-likeness (QED) is 0.727. The maximum atomic E-state index is 13.3. The first-order chi connectivity index (χ1) is 14.3. The van der Waals surface area contributed by atoms with Crippen LogP contribution in [0.25, 0.3) is 0 Å². The minimum Gasteiger partial charge on any atom is -0.481 e. The number of anilines is 3. The van der Waals surface area contributed by atoms with E-state index in [1.54, 1.807) is 6.07 Å². The van der Waals surface area contributed by atoms with Gasteiger partial charge in [0.1, 0.15) is 0 Å². The molecule has 5 rings (SSSR count). The number of fused-ring (bicyclic) bond motifs is 3. The third-order valence-corrected chi connectivity index (χ3v) is 6.78. The summed E-state index contributed by atoms with van der Waals surface area (Å²) in [4.78, 5) is 15.4. The number of halogens is 3. The lowest BCUT2D eigenvalue weighted by molar-refractivity contribution is -0.142. The Morgan fingerprint density at radius 3 is 2.47 bits per heavy atom. The molecule has 4 nitrogen and oxygen atoms in total. The van der Waals surface area contributed by atoms with Gasteiger partial charge in [-0.3, -0.25) is 4.79 Å². The van der Waals surface area contributed by atoms with Crippen molar-refractivity contribution in [1.82, 2.24) is 0 Å². The summed E-state index contributed by atoms with van der Waals surface area (Å²) in [6.45, 7) is 0.965. The molecular formula is C23H23F3N2O2. The SMILES string of the molecule is O=C(O)C1CN(c2cccc(N3c4ccc(C(F)(F)F)cc4C4CCCCC43)c2)C1. The Kier molecular flexibility index (Phi) is 4.45. The highest BCUT2D eigenvalue weighted by molar-refractivity contribution is 5.78. The fourth-order valence-corrected chi connectivity index (χ4v) is 5.22. The molecule has 0 radical (unpaired) electrons. The molecule has 2 unspecified atom stereocenters. The molecule has 2 aromatic rings. The predicted molar refractivity (Wildman–Crippen MR) is 108 cm³/mol. The number of rotatable bonds is 3. The third-order valence-electron chi connectivity index (χ3n) is 6.78. The van der Waals surface area contributed by atoms with Gasteiger partial charge in [-0.2, -0.15) is 13.2 Å². The zero-order valence-electron chi connectivity index (χ0n) is 16.4. The molecule has 0 bridgehead atoms. The molecule has 3 aliphatic rings. The number of carboxylic acids is 1.